The van der Waals surface area contributed by atoms with Gasteiger partial charge in [0.2, 0.25) is 5.91 Å². The van der Waals surface area contributed by atoms with Crippen LogP contribution in [0.2, 0.25) is 0 Å². The molecule has 0 aliphatic heterocycles. The normalized spacial score (nSPS) is 10.6. The third-order valence-electron chi connectivity index (χ3n) is 3.05. The van der Waals surface area contributed by atoms with Crippen molar-refractivity contribution in [2.45, 2.75) is 32.4 Å². The van der Waals surface area contributed by atoms with Crippen molar-refractivity contribution >= 4 is 29.3 Å². The first-order valence-corrected chi connectivity index (χ1v) is 7.91. The van der Waals surface area contributed by atoms with E-state index in [2.05, 4.69) is 5.32 Å². The highest BCUT2D eigenvalue weighted by atomic mass is 32.2. The first-order chi connectivity index (χ1) is 9.56. The standard InChI is InChI=1S/C15H21NO3S/c1-3-12(4-2)15(19)16-13-7-5-6-11(8-13)9-20-10-14(17)18/h5-8,12H,3-4,9-10H2,1-2H3,(H,16,19)(H,17,18). The van der Waals surface area contributed by atoms with Gasteiger partial charge in [0.25, 0.3) is 0 Å². The zero-order chi connectivity index (χ0) is 15.0. The van der Waals surface area contributed by atoms with Crippen molar-refractivity contribution in [1.29, 1.82) is 0 Å². The summed E-state index contributed by atoms with van der Waals surface area (Å²) >= 11 is 1.35. The summed E-state index contributed by atoms with van der Waals surface area (Å²) in [6, 6.07) is 7.56. The summed E-state index contributed by atoms with van der Waals surface area (Å²) in [4.78, 5) is 22.5. The summed E-state index contributed by atoms with van der Waals surface area (Å²) in [5.74, 6) is -0.00993. The predicted molar refractivity (Wildman–Crippen MR) is 82.9 cm³/mol. The zero-order valence-electron chi connectivity index (χ0n) is 11.9. The second-order valence-electron chi connectivity index (χ2n) is 4.59. The zero-order valence-corrected chi connectivity index (χ0v) is 12.7. The van der Waals surface area contributed by atoms with Gasteiger partial charge in [-0.25, -0.2) is 0 Å². The van der Waals surface area contributed by atoms with Crippen LogP contribution in [0.15, 0.2) is 24.3 Å². The Morgan fingerprint density at radius 1 is 1.30 bits per heavy atom. The number of rotatable bonds is 8. The highest BCUT2D eigenvalue weighted by molar-refractivity contribution is 7.99. The van der Waals surface area contributed by atoms with Gasteiger partial charge in [-0.2, -0.15) is 0 Å². The van der Waals surface area contributed by atoms with Gasteiger partial charge in [0.05, 0.1) is 5.75 Å². The van der Waals surface area contributed by atoms with Crippen LogP contribution >= 0.6 is 11.8 Å². The van der Waals surface area contributed by atoms with Crippen LogP contribution in [-0.2, 0) is 15.3 Å². The number of thioether (sulfide) groups is 1. The van der Waals surface area contributed by atoms with Gasteiger partial charge in [0.15, 0.2) is 0 Å². The number of carbonyl (C=O) groups is 2. The van der Waals surface area contributed by atoms with Crippen molar-refractivity contribution in [2.75, 3.05) is 11.1 Å². The molecule has 2 N–H and O–H groups in total. The Hall–Kier alpha value is -1.49. The van der Waals surface area contributed by atoms with E-state index in [0.29, 0.717) is 5.75 Å². The Kier molecular flexibility index (Phi) is 7.15. The van der Waals surface area contributed by atoms with Gasteiger partial charge in [-0.15, -0.1) is 11.8 Å². The summed E-state index contributed by atoms with van der Waals surface area (Å²) in [5, 5.41) is 11.5. The summed E-state index contributed by atoms with van der Waals surface area (Å²) in [6.07, 6.45) is 1.66. The van der Waals surface area contributed by atoms with Crippen molar-refractivity contribution in [3.8, 4) is 0 Å². The maximum absolute atomic E-state index is 12.0. The number of carboxylic acids is 1. The molecule has 0 spiro atoms. The minimum absolute atomic E-state index is 0.0417. The first-order valence-electron chi connectivity index (χ1n) is 6.76. The van der Waals surface area contributed by atoms with Crippen LogP contribution < -0.4 is 5.32 Å². The molecular weight excluding hydrogens is 274 g/mol. The van der Waals surface area contributed by atoms with Gasteiger partial charge in [-0.05, 0) is 30.5 Å². The number of carbonyl (C=O) groups excluding carboxylic acids is 1. The lowest BCUT2D eigenvalue weighted by Crippen LogP contribution is -2.21. The van der Waals surface area contributed by atoms with Crippen LogP contribution in [-0.4, -0.2) is 22.7 Å². The quantitative estimate of drug-likeness (QED) is 0.771. The van der Waals surface area contributed by atoms with E-state index in [1.54, 1.807) is 0 Å². The van der Waals surface area contributed by atoms with Gasteiger partial charge < -0.3 is 10.4 Å². The Morgan fingerprint density at radius 3 is 2.60 bits per heavy atom. The van der Waals surface area contributed by atoms with E-state index in [-0.39, 0.29) is 17.6 Å². The fourth-order valence-corrected chi connectivity index (χ4v) is 2.59. The fraction of sp³-hybridized carbons (Fsp3) is 0.467. The molecule has 0 heterocycles. The monoisotopic (exact) mass is 295 g/mol. The minimum Gasteiger partial charge on any atom is -0.481 e. The summed E-state index contributed by atoms with van der Waals surface area (Å²) in [6.45, 7) is 4.01. The van der Waals surface area contributed by atoms with Crippen molar-refractivity contribution in [2.24, 2.45) is 5.92 Å². The third kappa shape index (κ3) is 5.65. The minimum atomic E-state index is -0.812. The molecule has 0 saturated heterocycles. The van der Waals surface area contributed by atoms with Gasteiger partial charge in [-0.1, -0.05) is 26.0 Å². The van der Waals surface area contributed by atoms with Crippen molar-refractivity contribution < 1.29 is 14.7 Å². The lowest BCUT2D eigenvalue weighted by atomic mass is 10.0. The number of hydrogen-bond acceptors (Lipinski definition) is 3. The molecule has 1 rings (SSSR count). The Balaban J connectivity index is 2.59. The molecule has 4 nitrogen and oxygen atoms in total. The third-order valence-corrected chi connectivity index (χ3v) is 4.03. The first kappa shape index (κ1) is 16.6. The molecule has 0 atom stereocenters. The van der Waals surface area contributed by atoms with Crippen LogP contribution in [0.25, 0.3) is 0 Å². The summed E-state index contributed by atoms with van der Waals surface area (Å²) in [5.41, 5.74) is 1.79. The van der Waals surface area contributed by atoms with Gasteiger partial charge in [-0.3, -0.25) is 9.59 Å². The van der Waals surface area contributed by atoms with Gasteiger partial charge in [0, 0.05) is 17.4 Å². The van der Waals surface area contributed by atoms with Crippen molar-refractivity contribution in [3.63, 3.8) is 0 Å². The molecule has 110 valence electrons. The number of amides is 1. The summed E-state index contributed by atoms with van der Waals surface area (Å²) in [7, 11) is 0. The number of nitrogens with one attached hydrogen (secondary N) is 1. The second kappa shape index (κ2) is 8.64. The molecule has 0 saturated carbocycles. The average molecular weight is 295 g/mol. The molecule has 0 unspecified atom stereocenters. The summed E-state index contributed by atoms with van der Waals surface area (Å²) < 4.78 is 0. The van der Waals surface area contributed by atoms with E-state index in [0.717, 1.165) is 24.1 Å². The van der Waals surface area contributed by atoms with E-state index in [9.17, 15) is 9.59 Å². The van der Waals surface area contributed by atoms with E-state index in [1.807, 2.05) is 38.1 Å². The number of benzene rings is 1. The molecule has 0 aliphatic carbocycles. The maximum atomic E-state index is 12.0. The lowest BCUT2D eigenvalue weighted by molar-refractivity contribution is -0.133. The Morgan fingerprint density at radius 2 is 2.00 bits per heavy atom. The highest BCUT2D eigenvalue weighted by Gasteiger charge is 2.14. The largest absolute Gasteiger partial charge is 0.481 e. The van der Waals surface area contributed by atoms with Crippen LogP contribution in [0, 0.1) is 5.92 Å². The molecule has 0 radical (unpaired) electrons. The van der Waals surface area contributed by atoms with Gasteiger partial charge in [0.1, 0.15) is 0 Å². The van der Waals surface area contributed by atoms with Crippen LogP contribution in [0.1, 0.15) is 32.3 Å². The molecule has 20 heavy (non-hydrogen) atoms. The Bertz CT molecular complexity index is 458. The SMILES string of the molecule is CCC(CC)C(=O)Nc1cccc(CSCC(=O)O)c1. The van der Waals surface area contributed by atoms with E-state index in [1.165, 1.54) is 11.8 Å². The molecule has 0 bridgehead atoms. The molecule has 0 fully saturated rings. The molecule has 5 heteroatoms. The number of anilines is 1. The number of carboxylic acid groups (broad SMARTS) is 1. The van der Waals surface area contributed by atoms with E-state index >= 15 is 0 Å². The van der Waals surface area contributed by atoms with Gasteiger partial charge >= 0.3 is 5.97 Å². The lowest BCUT2D eigenvalue weighted by Gasteiger charge is -2.13. The van der Waals surface area contributed by atoms with Crippen molar-refractivity contribution in [3.05, 3.63) is 29.8 Å². The number of aliphatic carboxylic acids is 1. The smallest absolute Gasteiger partial charge is 0.313 e. The molecule has 1 amide bonds. The van der Waals surface area contributed by atoms with E-state index in [4.69, 9.17) is 5.11 Å². The molecule has 1 aromatic rings. The van der Waals surface area contributed by atoms with Crippen molar-refractivity contribution in [1.82, 2.24) is 0 Å². The molecule has 1 aromatic carbocycles. The maximum Gasteiger partial charge on any atom is 0.313 e. The van der Waals surface area contributed by atoms with Crippen LogP contribution in [0.3, 0.4) is 0 Å². The predicted octanol–water partition coefficient (Wildman–Crippen LogP) is 3.38. The fourth-order valence-electron chi connectivity index (χ4n) is 1.90. The molecule has 0 aromatic heterocycles. The topological polar surface area (TPSA) is 66.4 Å². The van der Waals surface area contributed by atoms with Crippen LogP contribution in [0.5, 0.6) is 0 Å². The average Bonchev–Trinajstić information content (AvgIpc) is 2.40. The van der Waals surface area contributed by atoms with Crippen LogP contribution in [0.4, 0.5) is 5.69 Å². The molecular formula is C15H21NO3S. The Labute approximate surface area is 124 Å². The number of hydrogen-bond donors (Lipinski definition) is 2. The second-order valence-corrected chi connectivity index (χ2v) is 5.58. The molecule has 0 aliphatic rings. The van der Waals surface area contributed by atoms with E-state index < -0.39 is 5.97 Å². The highest BCUT2D eigenvalue weighted by Crippen LogP contribution is 2.18.